The van der Waals surface area contributed by atoms with Gasteiger partial charge in [0.2, 0.25) is 0 Å². The number of nitrogens with zero attached hydrogens (tertiary/aromatic N) is 2. The van der Waals surface area contributed by atoms with Gasteiger partial charge in [-0.05, 0) is 31.4 Å². The molecule has 84 valence electrons. The summed E-state index contributed by atoms with van der Waals surface area (Å²) >= 11 is 0. The lowest BCUT2D eigenvalue weighted by molar-refractivity contribution is 0.781. The number of pyridine rings is 1. The zero-order chi connectivity index (χ0) is 11.3. The van der Waals surface area contributed by atoms with Crippen LogP contribution in [0.1, 0.15) is 45.7 Å². The van der Waals surface area contributed by atoms with Gasteiger partial charge in [-0.25, -0.2) is 0 Å². The van der Waals surface area contributed by atoms with Crippen LogP contribution in [0.5, 0.6) is 0 Å². The normalized spacial score (nSPS) is 10.7. The molecule has 0 spiro atoms. The SMILES string of the molecule is CCCN(CC)c1ccc(C(C)C)nc1. The van der Waals surface area contributed by atoms with Crippen molar-refractivity contribution in [1.29, 1.82) is 0 Å². The topological polar surface area (TPSA) is 16.1 Å². The first kappa shape index (κ1) is 12.0. The van der Waals surface area contributed by atoms with Crippen molar-refractivity contribution < 1.29 is 0 Å². The lowest BCUT2D eigenvalue weighted by atomic mass is 10.1. The van der Waals surface area contributed by atoms with Crippen LogP contribution in [0, 0.1) is 0 Å². The Morgan fingerprint density at radius 2 is 2.00 bits per heavy atom. The van der Waals surface area contributed by atoms with Gasteiger partial charge in [-0.3, -0.25) is 4.98 Å². The number of aromatic nitrogens is 1. The molecular formula is C13H22N2. The van der Waals surface area contributed by atoms with Crippen molar-refractivity contribution in [3.63, 3.8) is 0 Å². The molecule has 0 bridgehead atoms. The van der Waals surface area contributed by atoms with E-state index in [9.17, 15) is 0 Å². The van der Waals surface area contributed by atoms with Crippen LogP contribution >= 0.6 is 0 Å². The third-order valence-corrected chi connectivity index (χ3v) is 2.60. The summed E-state index contributed by atoms with van der Waals surface area (Å²) in [6.45, 7) is 10.9. The molecule has 0 unspecified atom stereocenters. The van der Waals surface area contributed by atoms with E-state index in [1.54, 1.807) is 0 Å². The van der Waals surface area contributed by atoms with E-state index >= 15 is 0 Å². The van der Waals surface area contributed by atoms with Crippen LogP contribution in [0.15, 0.2) is 18.3 Å². The summed E-state index contributed by atoms with van der Waals surface area (Å²) in [5, 5.41) is 0. The van der Waals surface area contributed by atoms with E-state index in [2.05, 4.69) is 49.7 Å². The summed E-state index contributed by atoms with van der Waals surface area (Å²) in [5.74, 6) is 0.514. The van der Waals surface area contributed by atoms with E-state index in [4.69, 9.17) is 0 Å². The summed E-state index contributed by atoms with van der Waals surface area (Å²) in [5.41, 5.74) is 2.41. The Hall–Kier alpha value is -1.05. The van der Waals surface area contributed by atoms with Gasteiger partial charge < -0.3 is 4.90 Å². The lowest BCUT2D eigenvalue weighted by Crippen LogP contribution is -2.23. The Labute approximate surface area is 93.3 Å². The lowest BCUT2D eigenvalue weighted by Gasteiger charge is -2.22. The van der Waals surface area contributed by atoms with Gasteiger partial charge in [-0.2, -0.15) is 0 Å². The van der Waals surface area contributed by atoms with E-state index in [-0.39, 0.29) is 0 Å². The summed E-state index contributed by atoms with van der Waals surface area (Å²) in [6, 6.07) is 4.32. The molecule has 1 rings (SSSR count). The van der Waals surface area contributed by atoms with Crippen molar-refractivity contribution in [2.45, 2.75) is 40.0 Å². The first-order valence-corrected chi connectivity index (χ1v) is 5.89. The molecule has 0 aliphatic heterocycles. The Bertz CT molecular complexity index is 277. The van der Waals surface area contributed by atoms with E-state index in [0.717, 1.165) is 13.1 Å². The highest BCUT2D eigenvalue weighted by molar-refractivity contribution is 5.44. The molecule has 1 aromatic rings. The van der Waals surface area contributed by atoms with Crippen molar-refractivity contribution >= 4 is 5.69 Å². The highest BCUT2D eigenvalue weighted by atomic mass is 15.1. The van der Waals surface area contributed by atoms with Crippen molar-refractivity contribution in [3.8, 4) is 0 Å². The standard InChI is InChI=1S/C13H22N2/c1-5-9-15(6-2)12-7-8-13(11(3)4)14-10-12/h7-8,10-11H,5-6,9H2,1-4H3. The quantitative estimate of drug-likeness (QED) is 0.733. The molecule has 0 fully saturated rings. The molecule has 0 saturated carbocycles. The van der Waals surface area contributed by atoms with Crippen molar-refractivity contribution in [1.82, 2.24) is 4.98 Å². The second-order valence-electron chi connectivity index (χ2n) is 4.18. The summed E-state index contributed by atoms with van der Waals surface area (Å²) in [4.78, 5) is 6.85. The maximum atomic E-state index is 4.49. The Morgan fingerprint density at radius 1 is 1.27 bits per heavy atom. The number of anilines is 1. The zero-order valence-electron chi connectivity index (χ0n) is 10.3. The molecule has 0 aromatic carbocycles. The Morgan fingerprint density at radius 3 is 2.40 bits per heavy atom. The molecule has 0 atom stereocenters. The number of hydrogen-bond acceptors (Lipinski definition) is 2. The summed E-state index contributed by atoms with van der Waals surface area (Å²) in [6.07, 6.45) is 3.17. The van der Waals surface area contributed by atoms with Gasteiger partial charge in [-0.1, -0.05) is 20.8 Å². The summed E-state index contributed by atoms with van der Waals surface area (Å²) < 4.78 is 0. The van der Waals surface area contributed by atoms with Gasteiger partial charge >= 0.3 is 0 Å². The molecule has 1 heterocycles. The molecule has 0 saturated heterocycles. The largest absolute Gasteiger partial charge is 0.371 e. The van der Waals surface area contributed by atoms with Crippen LogP contribution in [0.3, 0.4) is 0 Å². The fourth-order valence-electron chi connectivity index (χ4n) is 1.67. The molecule has 2 nitrogen and oxygen atoms in total. The van der Waals surface area contributed by atoms with Crippen LogP contribution < -0.4 is 4.90 Å². The average Bonchev–Trinajstić information content (AvgIpc) is 2.26. The first-order chi connectivity index (χ1) is 7.19. The third-order valence-electron chi connectivity index (χ3n) is 2.60. The molecule has 0 amide bonds. The maximum absolute atomic E-state index is 4.49. The Balaban J connectivity index is 2.77. The fraction of sp³-hybridized carbons (Fsp3) is 0.615. The van der Waals surface area contributed by atoms with E-state index < -0.39 is 0 Å². The number of hydrogen-bond donors (Lipinski definition) is 0. The van der Waals surface area contributed by atoms with Gasteiger partial charge in [0.25, 0.3) is 0 Å². The second-order valence-corrected chi connectivity index (χ2v) is 4.18. The van der Waals surface area contributed by atoms with Crippen molar-refractivity contribution in [3.05, 3.63) is 24.0 Å². The van der Waals surface area contributed by atoms with Gasteiger partial charge in [0.05, 0.1) is 11.9 Å². The van der Waals surface area contributed by atoms with Crippen LogP contribution in [-0.2, 0) is 0 Å². The predicted molar refractivity (Wildman–Crippen MR) is 66.5 cm³/mol. The van der Waals surface area contributed by atoms with E-state index in [1.807, 2.05) is 6.20 Å². The predicted octanol–water partition coefficient (Wildman–Crippen LogP) is 3.44. The van der Waals surface area contributed by atoms with Crippen LogP contribution in [-0.4, -0.2) is 18.1 Å². The molecule has 1 aromatic heterocycles. The molecule has 0 aliphatic rings. The number of rotatable bonds is 5. The highest BCUT2D eigenvalue weighted by Gasteiger charge is 2.05. The fourth-order valence-corrected chi connectivity index (χ4v) is 1.67. The smallest absolute Gasteiger partial charge is 0.0552 e. The monoisotopic (exact) mass is 206 g/mol. The minimum Gasteiger partial charge on any atom is -0.371 e. The van der Waals surface area contributed by atoms with Gasteiger partial charge in [0.15, 0.2) is 0 Å². The zero-order valence-corrected chi connectivity index (χ0v) is 10.3. The van der Waals surface area contributed by atoms with Crippen molar-refractivity contribution in [2.75, 3.05) is 18.0 Å². The minimum atomic E-state index is 0.514. The summed E-state index contributed by atoms with van der Waals surface area (Å²) in [7, 11) is 0. The second kappa shape index (κ2) is 5.74. The van der Waals surface area contributed by atoms with Crippen LogP contribution in [0.25, 0.3) is 0 Å². The minimum absolute atomic E-state index is 0.514. The molecular weight excluding hydrogens is 184 g/mol. The van der Waals surface area contributed by atoms with Gasteiger partial charge in [0, 0.05) is 18.8 Å². The molecule has 0 radical (unpaired) electrons. The maximum Gasteiger partial charge on any atom is 0.0552 e. The molecule has 0 N–H and O–H groups in total. The third kappa shape index (κ3) is 3.22. The van der Waals surface area contributed by atoms with E-state index in [1.165, 1.54) is 17.8 Å². The Kier molecular flexibility index (Phi) is 4.60. The van der Waals surface area contributed by atoms with Gasteiger partial charge in [0.1, 0.15) is 0 Å². The molecule has 15 heavy (non-hydrogen) atoms. The van der Waals surface area contributed by atoms with Gasteiger partial charge in [-0.15, -0.1) is 0 Å². The van der Waals surface area contributed by atoms with Crippen molar-refractivity contribution in [2.24, 2.45) is 0 Å². The molecule has 2 heteroatoms. The highest BCUT2D eigenvalue weighted by Crippen LogP contribution is 2.17. The van der Waals surface area contributed by atoms with E-state index in [0.29, 0.717) is 5.92 Å². The van der Waals surface area contributed by atoms with Crippen LogP contribution in [0.2, 0.25) is 0 Å². The van der Waals surface area contributed by atoms with Crippen LogP contribution in [0.4, 0.5) is 5.69 Å². The first-order valence-electron chi connectivity index (χ1n) is 5.89. The molecule has 0 aliphatic carbocycles. The average molecular weight is 206 g/mol.